The van der Waals surface area contributed by atoms with Crippen LogP contribution in [0.15, 0.2) is 30.6 Å². The van der Waals surface area contributed by atoms with Gasteiger partial charge in [-0.2, -0.15) is 0 Å². The Hall–Kier alpha value is -3.50. The highest BCUT2D eigenvalue weighted by Gasteiger charge is 2.33. The highest BCUT2D eigenvalue weighted by Crippen LogP contribution is 2.27. The lowest BCUT2D eigenvalue weighted by atomic mass is 10.2. The van der Waals surface area contributed by atoms with Gasteiger partial charge in [0.1, 0.15) is 11.9 Å². The van der Waals surface area contributed by atoms with Gasteiger partial charge in [0.05, 0.1) is 37.0 Å². The molecule has 0 radical (unpaired) electrons. The minimum absolute atomic E-state index is 0.174. The Bertz CT molecular complexity index is 814. The third kappa shape index (κ3) is 4.19. The number of ether oxygens (including phenoxy) is 1. The van der Waals surface area contributed by atoms with E-state index < -0.39 is 18.0 Å². The van der Waals surface area contributed by atoms with Crippen LogP contribution >= 0.6 is 0 Å². The van der Waals surface area contributed by atoms with Crippen LogP contribution < -0.4 is 15.1 Å². The van der Waals surface area contributed by atoms with Gasteiger partial charge in [-0.3, -0.25) is 15.1 Å². The number of hydrogen-bond donors (Lipinski definition) is 2. The molecule has 2 N–H and O–H groups in total. The van der Waals surface area contributed by atoms with Crippen molar-refractivity contribution >= 4 is 30.2 Å². The van der Waals surface area contributed by atoms with Crippen molar-refractivity contribution in [2.75, 3.05) is 29.4 Å². The van der Waals surface area contributed by atoms with E-state index in [0.29, 0.717) is 18.6 Å². The van der Waals surface area contributed by atoms with Gasteiger partial charge in [-0.05, 0) is 18.2 Å². The number of halogens is 1. The molecule has 1 aliphatic heterocycles. The predicted octanol–water partition coefficient (Wildman–Crippen LogP) is 0.602. The molecule has 3 rings (SSSR count). The number of amides is 2. The van der Waals surface area contributed by atoms with Crippen molar-refractivity contribution in [1.29, 1.82) is 5.41 Å². The Morgan fingerprint density at radius 1 is 1.48 bits per heavy atom. The van der Waals surface area contributed by atoms with Crippen molar-refractivity contribution in [2.24, 2.45) is 0 Å². The van der Waals surface area contributed by atoms with Gasteiger partial charge >= 0.3 is 6.09 Å². The predicted molar refractivity (Wildman–Crippen MR) is 94.2 cm³/mol. The van der Waals surface area contributed by atoms with E-state index in [2.05, 4.69) is 15.6 Å². The van der Waals surface area contributed by atoms with Crippen molar-refractivity contribution in [3.63, 3.8) is 0 Å². The molecule has 0 saturated carbocycles. The number of hydrogen-bond acceptors (Lipinski definition) is 6. The maximum atomic E-state index is 14.5. The molecule has 10 nitrogen and oxygen atoms in total. The second-order valence-electron chi connectivity index (χ2n) is 5.77. The van der Waals surface area contributed by atoms with Crippen LogP contribution in [0, 0.1) is 11.2 Å². The second-order valence-corrected chi connectivity index (χ2v) is 5.77. The van der Waals surface area contributed by atoms with E-state index in [0.717, 1.165) is 6.34 Å². The SMILES string of the molecule is N=CN(CCNC=O)c1ccc(N2CC(Cn3ccnn3)OC2=O)cc1F. The minimum atomic E-state index is -0.588. The lowest BCUT2D eigenvalue weighted by Gasteiger charge is -2.21. The first-order valence-electron chi connectivity index (χ1n) is 8.18. The first-order chi connectivity index (χ1) is 13.1. The largest absolute Gasteiger partial charge is 0.442 e. The zero-order chi connectivity index (χ0) is 19.2. The quantitative estimate of drug-likeness (QED) is 0.287. The minimum Gasteiger partial charge on any atom is -0.442 e. The van der Waals surface area contributed by atoms with E-state index >= 15 is 0 Å². The summed E-state index contributed by atoms with van der Waals surface area (Å²) in [5, 5.41) is 17.4. The van der Waals surface area contributed by atoms with Crippen LogP contribution in [-0.2, 0) is 16.1 Å². The monoisotopic (exact) mass is 375 g/mol. The fourth-order valence-electron chi connectivity index (χ4n) is 2.76. The Morgan fingerprint density at radius 2 is 2.33 bits per heavy atom. The fraction of sp³-hybridized carbons (Fsp3) is 0.312. The average molecular weight is 375 g/mol. The average Bonchev–Trinajstić information content (AvgIpc) is 3.29. The van der Waals surface area contributed by atoms with Gasteiger partial charge in [0, 0.05) is 19.3 Å². The maximum absolute atomic E-state index is 14.5. The molecule has 1 fully saturated rings. The van der Waals surface area contributed by atoms with Gasteiger partial charge in [0.15, 0.2) is 0 Å². The van der Waals surface area contributed by atoms with Crippen LogP contribution in [0.1, 0.15) is 0 Å². The molecular weight excluding hydrogens is 357 g/mol. The molecule has 142 valence electrons. The first-order valence-corrected chi connectivity index (χ1v) is 8.18. The summed E-state index contributed by atoms with van der Waals surface area (Å²) in [5.41, 5.74) is 0.534. The normalized spacial score (nSPS) is 16.1. The number of nitrogens with one attached hydrogen (secondary N) is 2. The third-order valence-electron chi connectivity index (χ3n) is 4.03. The first kappa shape index (κ1) is 18.3. The van der Waals surface area contributed by atoms with Crippen molar-refractivity contribution < 1.29 is 18.7 Å². The Morgan fingerprint density at radius 3 is 3.00 bits per heavy atom. The zero-order valence-corrected chi connectivity index (χ0v) is 14.3. The van der Waals surface area contributed by atoms with Crippen molar-refractivity contribution in [2.45, 2.75) is 12.6 Å². The number of carbonyl (C=O) groups is 2. The number of anilines is 2. The molecule has 1 unspecified atom stereocenters. The van der Waals surface area contributed by atoms with Gasteiger partial charge in [0.2, 0.25) is 6.41 Å². The number of cyclic esters (lactones) is 1. The molecule has 27 heavy (non-hydrogen) atoms. The Kier molecular flexibility index (Phi) is 5.59. The summed E-state index contributed by atoms with van der Waals surface area (Å²) in [4.78, 5) is 25.1. The van der Waals surface area contributed by atoms with Crippen LogP contribution in [0.4, 0.5) is 20.6 Å². The van der Waals surface area contributed by atoms with Crippen molar-refractivity contribution in [3.05, 3.63) is 36.4 Å². The van der Waals surface area contributed by atoms with E-state index in [1.165, 1.54) is 28.1 Å². The molecule has 1 aromatic heterocycles. The van der Waals surface area contributed by atoms with Crippen LogP contribution in [0.5, 0.6) is 0 Å². The Balaban J connectivity index is 1.70. The zero-order valence-electron chi connectivity index (χ0n) is 14.3. The van der Waals surface area contributed by atoms with Crippen molar-refractivity contribution in [3.8, 4) is 0 Å². The molecule has 1 atom stereocenters. The molecular formula is C16H18FN7O3. The van der Waals surface area contributed by atoms with E-state index in [4.69, 9.17) is 10.1 Å². The summed E-state index contributed by atoms with van der Waals surface area (Å²) in [6.07, 6.45) is 3.72. The number of benzene rings is 1. The number of aromatic nitrogens is 3. The molecule has 2 heterocycles. The molecule has 1 aromatic carbocycles. The topological polar surface area (TPSA) is 116 Å². The van der Waals surface area contributed by atoms with Crippen LogP contribution in [0.25, 0.3) is 0 Å². The standard InChI is InChI=1S/C16H18FN7O3/c17-14-7-12(1-2-15(14)22(10-18)5-3-19-11-25)24-9-13(27-16(24)26)8-23-6-4-20-21-23/h1-2,4,6-7,10-11,13,18H,3,5,8-9H2,(H,19,25). The lowest BCUT2D eigenvalue weighted by Crippen LogP contribution is -2.31. The molecule has 0 spiro atoms. The van der Waals surface area contributed by atoms with Gasteiger partial charge in [0.25, 0.3) is 0 Å². The van der Waals surface area contributed by atoms with Crippen LogP contribution in [-0.4, -0.2) is 59.6 Å². The fourth-order valence-corrected chi connectivity index (χ4v) is 2.76. The third-order valence-corrected chi connectivity index (χ3v) is 4.03. The maximum Gasteiger partial charge on any atom is 0.414 e. The molecule has 0 bridgehead atoms. The van der Waals surface area contributed by atoms with E-state index in [-0.39, 0.29) is 25.3 Å². The van der Waals surface area contributed by atoms with Gasteiger partial charge in [-0.25, -0.2) is 13.9 Å². The van der Waals surface area contributed by atoms with Crippen LogP contribution in [0.2, 0.25) is 0 Å². The molecule has 2 amide bonds. The second kappa shape index (κ2) is 8.25. The van der Waals surface area contributed by atoms with Crippen LogP contribution in [0.3, 0.4) is 0 Å². The summed E-state index contributed by atoms with van der Waals surface area (Å²) >= 11 is 0. The highest BCUT2D eigenvalue weighted by molar-refractivity contribution is 5.90. The smallest absolute Gasteiger partial charge is 0.414 e. The summed E-state index contributed by atoms with van der Waals surface area (Å²) < 4.78 is 21.4. The molecule has 1 saturated heterocycles. The van der Waals surface area contributed by atoms with E-state index in [9.17, 15) is 14.0 Å². The number of nitrogens with zero attached hydrogens (tertiary/aromatic N) is 5. The summed E-state index contributed by atoms with van der Waals surface area (Å²) in [6, 6.07) is 4.29. The van der Waals surface area contributed by atoms with Gasteiger partial charge in [-0.15, -0.1) is 5.10 Å². The highest BCUT2D eigenvalue weighted by atomic mass is 19.1. The van der Waals surface area contributed by atoms with E-state index in [1.54, 1.807) is 16.9 Å². The van der Waals surface area contributed by atoms with E-state index in [1.807, 2.05) is 0 Å². The molecule has 0 aliphatic carbocycles. The molecule has 1 aliphatic rings. The summed E-state index contributed by atoms with van der Waals surface area (Å²) in [6.45, 7) is 1.12. The van der Waals surface area contributed by atoms with Gasteiger partial charge in [-0.1, -0.05) is 5.21 Å². The molecule has 2 aromatic rings. The number of rotatable bonds is 9. The van der Waals surface area contributed by atoms with Gasteiger partial charge < -0.3 is 15.0 Å². The Labute approximate surface area is 154 Å². The lowest BCUT2D eigenvalue weighted by molar-refractivity contribution is -0.109. The summed E-state index contributed by atoms with van der Waals surface area (Å²) in [7, 11) is 0. The van der Waals surface area contributed by atoms with Crippen molar-refractivity contribution in [1.82, 2.24) is 20.3 Å². The number of carbonyl (C=O) groups excluding carboxylic acids is 2. The molecule has 11 heteroatoms. The summed E-state index contributed by atoms with van der Waals surface area (Å²) in [5.74, 6) is -0.588.